The van der Waals surface area contributed by atoms with Gasteiger partial charge in [0.2, 0.25) is 5.91 Å². The number of hydrogen-bond acceptors (Lipinski definition) is 2. The SMILES string of the molecule is Cc1cc(C)c2c(c1)C(N)C(=O)N2. The maximum absolute atomic E-state index is 11.3. The van der Waals surface area contributed by atoms with Gasteiger partial charge >= 0.3 is 0 Å². The molecule has 3 N–H and O–H groups in total. The molecule has 13 heavy (non-hydrogen) atoms. The van der Waals surface area contributed by atoms with Crippen LogP contribution >= 0.6 is 0 Å². The van der Waals surface area contributed by atoms with Crippen LogP contribution in [0, 0.1) is 13.8 Å². The second-order valence-corrected chi connectivity index (χ2v) is 3.51. The molecule has 1 unspecified atom stereocenters. The second kappa shape index (κ2) is 2.57. The highest BCUT2D eigenvalue weighted by Gasteiger charge is 2.28. The van der Waals surface area contributed by atoms with E-state index in [-0.39, 0.29) is 5.91 Å². The summed E-state index contributed by atoms with van der Waals surface area (Å²) in [6, 6.07) is 3.51. The molecule has 1 aromatic rings. The smallest absolute Gasteiger partial charge is 0.245 e. The van der Waals surface area contributed by atoms with Crippen LogP contribution in [0.2, 0.25) is 0 Å². The largest absolute Gasteiger partial charge is 0.324 e. The molecule has 0 bridgehead atoms. The lowest BCUT2D eigenvalue weighted by Crippen LogP contribution is -2.19. The van der Waals surface area contributed by atoms with Gasteiger partial charge in [-0.3, -0.25) is 4.79 Å². The van der Waals surface area contributed by atoms with Crippen LogP contribution in [0.4, 0.5) is 5.69 Å². The number of anilines is 1. The Kier molecular flexibility index (Phi) is 1.63. The number of benzene rings is 1. The topological polar surface area (TPSA) is 55.1 Å². The van der Waals surface area contributed by atoms with E-state index in [1.807, 2.05) is 26.0 Å². The Morgan fingerprint density at radius 3 is 2.77 bits per heavy atom. The molecule has 1 aromatic carbocycles. The molecule has 0 fully saturated rings. The first-order chi connectivity index (χ1) is 6.09. The quantitative estimate of drug-likeness (QED) is 0.625. The van der Waals surface area contributed by atoms with E-state index < -0.39 is 6.04 Å². The fourth-order valence-electron chi connectivity index (χ4n) is 1.76. The molecule has 2 rings (SSSR count). The summed E-state index contributed by atoms with van der Waals surface area (Å²) < 4.78 is 0. The number of carbonyl (C=O) groups is 1. The fourth-order valence-corrected chi connectivity index (χ4v) is 1.76. The first-order valence-electron chi connectivity index (χ1n) is 4.27. The van der Waals surface area contributed by atoms with Gasteiger partial charge in [0.05, 0.1) is 0 Å². The van der Waals surface area contributed by atoms with Crippen molar-refractivity contribution in [1.29, 1.82) is 0 Å². The van der Waals surface area contributed by atoms with E-state index in [0.29, 0.717) is 0 Å². The average Bonchev–Trinajstić information content (AvgIpc) is 2.32. The molecule has 1 atom stereocenters. The number of fused-ring (bicyclic) bond motifs is 1. The van der Waals surface area contributed by atoms with Gasteiger partial charge in [-0.2, -0.15) is 0 Å². The molecule has 1 heterocycles. The van der Waals surface area contributed by atoms with Crippen molar-refractivity contribution in [3.8, 4) is 0 Å². The van der Waals surface area contributed by atoms with Gasteiger partial charge in [0.1, 0.15) is 6.04 Å². The number of rotatable bonds is 0. The zero-order valence-corrected chi connectivity index (χ0v) is 7.72. The highest BCUT2D eigenvalue weighted by atomic mass is 16.2. The van der Waals surface area contributed by atoms with E-state index in [0.717, 1.165) is 22.4 Å². The number of carbonyl (C=O) groups excluding carboxylic acids is 1. The van der Waals surface area contributed by atoms with Crippen molar-refractivity contribution in [2.45, 2.75) is 19.9 Å². The molecule has 1 aliphatic heterocycles. The monoisotopic (exact) mass is 176 g/mol. The van der Waals surface area contributed by atoms with Crippen LogP contribution in [0.25, 0.3) is 0 Å². The summed E-state index contributed by atoms with van der Waals surface area (Å²) in [5.74, 6) is -0.108. The van der Waals surface area contributed by atoms with Gasteiger partial charge in [-0.05, 0) is 19.4 Å². The van der Waals surface area contributed by atoms with Crippen molar-refractivity contribution in [1.82, 2.24) is 0 Å². The number of amides is 1. The van der Waals surface area contributed by atoms with Crippen molar-refractivity contribution in [3.05, 3.63) is 28.8 Å². The molecule has 3 nitrogen and oxygen atoms in total. The third kappa shape index (κ3) is 1.12. The molecule has 1 aliphatic rings. The van der Waals surface area contributed by atoms with Crippen LogP contribution in [0.15, 0.2) is 12.1 Å². The van der Waals surface area contributed by atoms with Crippen LogP contribution in [-0.2, 0) is 4.79 Å². The van der Waals surface area contributed by atoms with E-state index in [1.165, 1.54) is 0 Å². The summed E-state index contributed by atoms with van der Waals surface area (Å²) in [5, 5.41) is 2.78. The zero-order valence-electron chi connectivity index (χ0n) is 7.72. The summed E-state index contributed by atoms with van der Waals surface area (Å²) in [6.45, 7) is 3.98. The molecule has 0 radical (unpaired) electrons. The summed E-state index contributed by atoms with van der Waals surface area (Å²) in [5.41, 5.74) is 9.75. The molecule has 68 valence electrons. The van der Waals surface area contributed by atoms with Crippen molar-refractivity contribution < 1.29 is 4.79 Å². The number of nitrogens with one attached hydrogen (secondary N) is 1. The Morgan fingerprint density at radius 1 is 1.38 bits per heavy atom. The van der Waals surface area contributed by atoms with Gasteiger partial charge < -0.3 is 11.1 Å². The first-order valence-corrected chi connectivity index (χ1v) is 4.27. The second-order valence-electron chi connectivity index (χ2n) is 3.51. The predicted molar refractivity (Wildman–Crippen MR) is 51.5 cm³/mol. The van der Waals surface area contributed by atoms with Crippen molar-refractivity contribution in [2.75, 3.05) is 5.32 Å². The van der Waals surface area contributed by atoms with E-state index in [9.17, 15) is 4.79 Å². The van der Waals surface area contributed by atoms with Crippen LogP contribution in [0.5, 0.6) is 0 Å². The number of aryl methyl sites for hydroxylation is 2. The van der Waals surface area contributed by atoms with Gasteiger partial charge in [0.25, 0.3) is 0 Å². The van der Waals surface area contributed by atoms with Crippen molar-refractivity contribution >= 4 is 11.6 Å². The van der Waals surface area contributed by atoms with Crippen LogP contribution in [0.3, 0.4) is 0 Å². The van der Waals surface area contributed by atoms with Crippen molar-refractivity contribution in [3.63, 3.8) is 0 Å². The maximum Gasteiger partial charge on any atom is 0.245 e. The normalized spacial score (nSPS) is 19.9. The predicted octanol–water partition coefficient (Wildman–Crippen LogP) is 1.26. The molecular formula is C10H12N2O. The third-order valence-corrected chi connectivity index (χ3v) is 2.38. The minimum atomic E-state index is -0.492. The highest BCUT2D eigenvalue weighted by Crippen LogP contribution is 2.32. The summed E-state index contributed by atoms with van der Waals surface area (Å²) in [6.07, 6.45) is 0. The van der Waals surface area contributed by atoms with E-state index in [4.69, 9.17) is 5.73 Å². The van der Waals surface area contributed by atoms with Gasteiger partial charge in [-0.15, -0.1) is 0 Å². The lowest BCUT2D eigenvalue weighted by molar-refractivity contribution is -0.116. The Hall–Kier alpha value is -1.35. The Bertz CT molecular complexity index is 385. The Morgan fingerprint density at radius 2 is 2.08 bits per heavy atom. The van der Waals surface area contributed by atoms with Gasteiger partial charge in [-0.25, -0.2) is 0 Å². The maximum atomic E-state index is 11.3. The molecule has 3 heteroatoms. The molecular weight excluding hydrogens is 164 g/mol. The lowest BCUT2D eigenvalue weighted by atomic mass is 10.0. The minimum absolute atomic E-state index is 0.108. The average molecular weight is 176 g/mol. The Balaban J connectivity index is 2.63. The van der Waals surface area contributed by atoms with Crippen molar-refractivity contribution in [2.24, 2.45) is 5.73 Å². The van der Waals surface area contributed by atoms with E-state index in [2.05, 4.69) is 5.32 Å². The Labute approximate surface area is 76.9 Å². The summed E-state index contributed by atoms with van der Waals surface area (Å²) >= 11 is 0. The standard InChI is InChI=1S/C10H12N2O/c1-5-3-6(2)9-7(4-5)8(11)10(13)12-9/h3-4,8H,11H2,1-2H3,(H,12,13). The number of hydrogen-bond donors (Lipinski definition) is 2. The van der Waals surface area contributed by atoms with Gasteiger partial charge in [0, 0.05) is 11.3 Å². The molecule has 0 aromatic heterocycles. The molecule has 0 aliphatic carbocycles. The van der Waals surface area contributed by atoms with Gasteiger partial charge in [-0.1, -0.05) is 17.7 Å². The lowest BCUT2D eigenvalue weighted by Gasteiger charge is -2.05. The van der Waals surface area contributed by atoms with Crippen LogP contribution in [0.1, 0.15) is 22.7 Å². The summed E-state index contributed by atoms with van der Waals surface area (Å²) in [4.78, 5) is 11.3. The van der Waals surface area contributed by atoms with E-state index in [1.54, 1.807) is 0 Å². The minimum Gasteiger partial charge on any atom is -0.324 e. The van der Waals surface area contributed by atoms with Gasteiger partial charge in [0.15, 0.2) is 0 Å². The molecule has 1 amide bonds. The third-order valence-electron chi connectivity index (χ3n) is 2.38. The molecule has 0 saturated carbocycles. The fraction of sp³-hybridized carbons (Fsp3) is 0.300. The number of nitrogens with two attached hydrogens (primary N) is 1. The van der Waals surface area contributed by atoms with Crippen LogP contribution < -0.4 is 11.1 Å². The first kappa shape index (κ1) is 8.26. The van der Waals surface area contributed by atoms with Crippen LogP contribution in [-0.4, -0.2) is 5.91 Å². The molecule has 0 saturated heterocycles. The summed E-state index contributed by atoms with van der Waals surface area (Å²) in [7, 11) is 0. The van der Waals surface area contributed by atoms with E-state index >= 15 is 0 Å². The highest BCUT2D eigenvalue weighted by molar-refractivity contribution is 6.03. The zero-order chi connectivity index (χ0) is 9.59. The molecule has 0 spiro atoms.